The number of rotatable bonds is 6. The van der Waals surface area contributed by atoms with Crippen LogP contribution >= 0.6 is 0 Å². The number of nitriles is 1. The zero-order chi connectivity index (χ0) is 22.5. The Bertz CT molecular complexity index is 1280. The molecule has 1 aromatic heterocycles. The summed E-state index contributed by atoms with van der Waals surface area (Å²) >= 11 is 0. The van der Waals surface area contributed by atoms with Crippen LogP contribution in [-0.4, -0.2) is 39.0 Å². The highest BCUT2D eigenvalue weighted by molar-refractivity contribution is 5.93. The Labute approximate surface area is 175 Å². The molecule has 0 radical (unpaired) electrons. The van der Waals surface area contributed by atoms with E-state index in [1.807, 2.05) is 0 Å². The number of nitrogens with zero attached hydrogens (tertiary/aromatic N) is 3. The summed E-state index contributed by atoms with van der Waals surface area (Å²) in [6.07, 6.45) is 2.76. The number of hydrogen-bond donors (Lipinski definition) is 2. The fraction of sp³-hybridized carbons (Fsp3) is 0.0455. The summed E-state index contributed by atoms with van der Waals surface area (Å²) in [5.41, 5.74) is -0.892. The molecule has 0 aliphatic heterocycles. The maximum absolute atomic E-state index is 12.8. The van der Waals surface area contributed by atoms with Crippen molar-refractivity contribution in [2.24, 2.45) is 0 Å². The van der Waals surface area contributed by atoms with Crippen LogP contribution in [0.4, 0.5) is 0 Å². The Balaban J connectivity index is 2.12. The van der Waals surface area contributed by atoms with Gasteiger partial charge < -0.3 is 14.9 Å². The van der Waals surface area contributed by atoms with E-state index in [9.17, 15) is 24.8 Å². The monoisotopic (exact) mass is 417 g/mol. The Morgan fingerprint density at radius 3 is 2.19 bits per heavy atom. The van der Waals surface area contributed by atoms with Gasteiger partial charge in [-0.25, -0.2) is 9.59 Å². The maximum atomic E-state index is 12.8. The maximum Gasteiger partial charge on any atom is 0.357 e. The Morgan fingerprint density at radius 2 is 1.68 bits per heavy atom. The highest BCUT2D eigenvalue weighted by Gasteiger charge is 2.21. The normalized spacial score (nSPS) is 10.6. The molecule has 2 aromatic carbocycles. The summed E-state index contributed by atoms with van der Waals surface area (Å²) in [5, 5.41) is 32.1. The Kier molecular flexibility index (Phi) is 5.93. The number of ether oxygens (including phenoxy) is 1. The Hall–Kier alpha value is -4.71. The largest absolute Gasteiger partial charge is 0.497 e. The van der Waals surface area contributed by atoms with E-state index in [1.54, 1.807) is 18.2 Å². The quantitative estimate of drug-likeness (QED) is 0.623. The van der Waals surface area contributed by atoms with E-state index in [4.69, 9.17) is 9.84 Å². The molecule has 31 heavy (non-hydrogen) atoms. The highest BCUT2D eigenvalue weighted by Crippen LogP contribution is 2.18. The SMILES string of the molecule is COc1ccc(-n2nc(C(=O)O)c(/C=C\c3ccc(C(=O)O)cc3)c(C#N)c2=O)cc1. The number of carboxylic acid groups (broad SMARTS) is 2. The Morgan fingerprint density at radius 1 is 1.03 bits per heavy atom. The highest BCUT2D eigenvalue weighted by atomic mass is 16.5. The molecule has 0 unspecified atom stereocenters. The van der Waals surface area contributed by atoms with Gasteiger partial charge in [0.05, 0.1) is 18.4 Å². The summed E-state index contributed by atoms with van der Waals surface area (Å²) in [4.78, 5) is 35.6. The van der Waals surface area contributed by atoms with E-state index in [-0.39, 0.29) is 22.4 Å². The van der Waals surface area contributed by atoms with E-state index in [0.29, 0.717) is 11.3 Å². The summed E-state index contributed by atoms with van der Waals surface area (Å²) < 4.78 is 5.91. The first-order valence-corrected chi connectivity index (χ1v) is 8.82. The summed E-state index contributed by atoms with van der Waals surface area (Å²) in [5.74, 6) is -1.97. The van der Waals surface area contributed by atoms with Crippen LogP contribution in [0, 0.1) is 11.3 Å². The van der Waals surface area contributed by atoms with Gasteiger partial charge in [-0.15, -0.1) is 0 Å². The molecular weight excluding hydrogens is 402 g/mol. The summed E-state index contributed by atoms with van der Waals surface area (Å²) in [7, 11) is 1.48. The molecule has 0 spiro atoms. The molecule has 3 aromatic rings. The van der Waals surface area contributed by atoms with Crippen molar-refractivity contribution in [3.63, 3.8) is 0 Å². The van der Waals surface area contributed by atoms with Crippen LogP contribution in [0.25, 0.3) is 17.8 Å². The lowest BCUT2D eigenvalue weighted by atomic mass is 10.1. The average Bonchev–Trinajstić information content (AvgIpc) is 2.77. The predicted octanol–water partition coefficient (Wildman–Crippen LogP) is 2.68. The minimum Gasteiger partial charge on any atom is -0.497 e. The van der Waals surface area contributed by atoms with Gasteiger partial charge in [0.1, 0.15) is 17.4 Å². The van der Waals surface area contributed by atoms with E-state index in [1.165, 1.54) is 55.7 Å². The predicted molar refractivity (Wildman–Crippen MR) is 110 cm³/mol. The van der Waals surface area contributed by atoms with Gasteiger partial charge in [0.2, 0.25) is 0 Å². The van der Waals surface area contributed by atoms with Gasteiger partial charge in [0, 0.05) is 5.56 Å². The van der Waals surface area contributed by atoms with Crippen LogP contribution in [0.15, 0.2) is 53.3 Å². The number of hydrogen-bond acceptors (Lipinski definition) is 6. The van der Waals surface area contributed by atoms with Gasteiger partial charge >= 0.3 is 11.9 Å². The van der Waals surface area contributed by atoms with Crippen molar-refractivity contribution >= 4 is 24.1 Å². The molecular formula is C22H15N3O6. The van der Waals surface area contributed by atoms with Gasteiger partial charge in [0.25, 0.3) is 5.56 Å². The van der Waals surface area contributed by atoms with Crippen LogP contribution in [0.1, 0.15) is 37.5 Å². The first-order valence-electron chi connectivity index (χ1n) is 8.82. The van der Waals surface area contributed by atoms with Crippen molar-refractivity contribution in [2.45, 2.75) is 0 Å². The zero-order valence-corrected chi connectivity index (χ0v) is 16.1. The third-order valence-corrected chi connectivity index (χ3v) is 4.36. The molecule has 1 heterocycles. The van der Waals surface area contributed by atoms with Crippen LogP contribution in [0.2, 0.25) is 0 Å². The molecule has 0 aliphatic rings. The molecule has 9 heteroatoms. The van der Waals surface area contributed by atoms with Crippen molar-refractivity contribution in [1.82, 2.24) is 9.78 Å². The molecule has 154 valence electrons. The third kappa shape index (κ3) is 4.33. The molecule has 0 atom stereocenters. The summed E-state index contributed by atoms with van der Waals surface area (Å²) in [6, 6.07) is 13.7. The molecule has 0 bridgehead atoms. The van der Waals surface area contributed by atoms with Crippen LogP contribution in [-0.2, 0) is 0 Å². The van der Waals surface area contributed by atoms with Crippen molar-refractivity contribution in [3.8, 4) is 17.5 Å². The molecule has 2 N–H and O–H groups in total. The fourth-order valence-corrected chi connectivity index (χ4v) is 2.78. The average molecular weight is 417 g/mol. The van der Waals surface area contributed by atoms with Crippen molar-refractivity contribution in [3.05, 3.63) is 86.8 Å². The van der Waals surface area contributed by atoms with Crippen molar-refractivity contribution in [2.75, 3.05) is 7.11 Å². The van der Waals surface area contributed by atoms with Crippen LogP contribution < -0.4 is 10.3 Å². The number of aromatic carboxylic acids is 2. The fourth-order valence-electron chi connectivity index (χ4n) is 2.78. The standard InChI is InChI=1S/C22H15N3O6/c1-31-16-9-7-15(8-10-16)25-20(26)18(12-23)17(19(24-25)22(29)30)11-4-13-2-5-14(6-3-13)21(27)28/h2-11H,1H3,(H,27,28)(H,29,30)/b11-4-. The molecule has 0 saturated heterocycles. The van der Waals surface area contributed by atoms with Gasteiger partial charge in [-0.2, -0.15) is 15.0 Å². The van der Waals surface area contributed by atoms with E-state index in [2.05, 4.69) is 5.10 Å². The summed E-state index contributed by atoms with van der Waals surface area (Å²) in [6.45, 7) is 0. The number of carbonyl (C=O) groups is 2. The lowest BCUT2D eigenvalue weighted by Crippen LogP contribution is -2.28. The van der Waals surface area contributed by atoms with Gasteiger partial charge in [0.15, 0.2) is 5.69 Å². The lowest BCUT2D eigenvalue weighted by Gasteiger charge is -2.10. The molecule has 9 nitrogen and oxygen atoms in total. The molecule has 3 rings (SSSR count). The second-order valence-electron chi connectivity index (χ2n) is 6.23. The second-order valence-corrected chi connectivity index (χ2v) is 6.23. The van der Waals surface area contributed by atoms with Gasteiger partial charge in [-0.1, -0.05) is 24.3 Å². The smallest absolute Gasteiger partial charge is 0.357 e. The molecule has 0 amide bonds. The third-order valence-electron chi connectivity index (χ3n) is 4.36. The number of benzene rings is 2. The lowest BCUT2D eigenvalue weighted by molar-refractivity contribution is 0.0680. The first-order chi connectivity index (χ1) is 14.8. The van der Waals surface area contributed by atoms with Crippen molar-refractivity contribution in [1.29, 1.82) is 5.26 Å². The van der Waals surface area contributed by atoms with Crippen molar-refractivity contribution < 1.29 is 24.5 Å². The number of carboxylic acids is 2. The molecule has 0 fully saturated rings. The van der Waals surface area contributed by atoms with Gasteiger partial charge in [-0.05, 0) is 42.0 Å². The number of methoxy groups -OCH3 is 1. The number of aromatic nitrogens is 2. The van der Waals surface area contributed by atoms with E-state index in [0.717, 1.165) is 4.68 Å². The molecule has 0 aliphatic carbocycles. The van der Waals surface area contributed by atoms with Crippen LogP contribution in [0.5, 0.6) is 5.75 Å². The molecule has 0 saturated carbocycles. The zero-order valence-electron chi connectivity index (χ0n) is 16.1. The second kappa shape index (κ2) is 8.75. The minimum absolute atomic E-state index is 0.0878. The van der Waals surface area contributed by atoms with E-state index >= 15 is 0 Å². The minimum atomic E-state index is -1.42. The van der Waals surface area contributed by atoms with Crippen LogP contribution in [0.3, 0.4) is 0 Å². The van der Waals surface area contributed by atoms with Gasteiger partial charge in [-0.3, -0.25) is 4.79 Å². The first kappa shape index (κ1) is 21.0. The topological polar surface area (TPSA) is 143 Å². The van der Waals surface area contributed by atoms with E-state index < -0.39 is 23.2 Å².